The molecule has 2 N–H and O–H groups in total. The van der Waals surface area contributed by atoms with Crippen LogP contribution >= 0.6 is 0 Å². The van der Waals surface area contributed by atoms with Crippen LogP contribution < -0.4 is 5.73 Å². The SMILES string of the molecule is C=C/C(C)=C(N)/C(N=O)=C(\C)CC. The Morgan fingerprint density at radius 1 is 1.54 bits per heavy atom. The van der Waals surface area contributed by atoms with Crippen molar-refractivity contribution in [2.45, 2.75) is 27.2 Å². The van der Waals surface area contributed by atoms with Crippen LogP contribution in [0.4, 0.5) is 0 Å². The molecule has 0 aliphatic rings. The summed E-state index contributed by atoms with van der Waals surface area (Å²) in [5, 5.41) is 2.93. The van der Waals surface area contributed by atoms with Gasteiger partial charge in [0.15, 0.2) is 0 Å². The highest BCUT2D eigenvalue weighted by Gasteiger charge is 2.06. The molecule has 0 amide bonds. The first kappa shape index (κ1) is 11.6. The molecule has 0 saturated carbocycles. The largest absolute Gasteiger partial charge is 0.397 e. The quantitative estimate of drug-likeness (QED) is 0.534. The second-order valence-corrected chi connectivity index (χ2v) is 2.87. The first-order valence-corrected chi connectivity index (χ1v) is 4.20. The predicted octanol–water partition coefficient (Wildman–Crippen LogP) is 2.86. The number of hydrogen-bond donors (Lipinski definition) is 1. The van der Waals surface area contributed by atoms with Gasteiger partial charge >= 0.3 is 0 Å². The normalized spacial score (nSPS) is 14.4. The molecule has 0 aliphatic heterocycles. The maximum Gasteiger partial charge on any atom is 0.130 e. The molecule has 0 atom stereocenters. The number of nitrogens with zero attached hydrogens (tertiary/aromatic N) is 1. The van der Waals surface area contributed by atoms with Gasteiger partial charge in [-0.1, -0.05) is 19.6 Å². The summed E-state index contributed by atoms with van der Waals surface area (Å²) in [5.74, 6) is 0. The van der Waals surface area contributed by atoms with Gasteiger partial charge in [-0.2, -0.15) is 0 Å². The Balaban J connectivity index is 5.24. The third kappa shape index (κ3) is 2.86. The number of allylic oxidation sites excluding steroid dienone is 3. The molecule has 72 valence electrons. The van der Waals surface area contributed by atoms with Crippen LogP contribution in [0.3, 0.4) is 0 Å². The van der Waals surface area contributed by atoms with Crippen molar-refractivity contribution in [3.8, 4) is 0 Å². The van der Waals surface area contributed by atoms with Crippen molar-refractivity contribution in [1.82, 2.24) is 0 Å². The lowest BCUT2D eigenvalue weighted by molar-refractivity contribution is 1.03. The Labute approximate surface area is 79.0 Å². The topological polar surface area (TPSA) is 55.4 Å². The summed E-state index contributed by atoms with van der Waals surface area (Å²) >= 11 is 0. The van der Waals surface area contributed by atoms with E-state index in [1.165, 1.54) is 0 Å². The van der Waals surface area contributed by atoms with Crippen LogP contribution in [0.2, 0.25) is 0 Å². The minimum atomic E-state index is 0.347. The predicted molar refractivity (Wildman–Crippen MR) is 55.9 cm³/mol. The van der Waals surface area contributed by atoms with Crippen LogP contribution in [0.15, 0.2) is 40.4 Å². The first-order valence-electron chi connectivity index (χ1n) is 4.20. The minimum absolute atomic E-state index is 0.347. The highest BCUT2D eigenvalue weighted by atomic mass is 16.3. The summed E-state index contributed by atoms with van der Waals surface area (Å²) in [6.45, 7) is 9.18. The second-order valence-electron chi connectivity index (χ2n) is 2.87. The van der Waals surface area contributed by atoms with E-state index >= 15 is 0 Å². The van der Waals surface area contributed by atoms with Gasteiger partial charge in [0.25, 0.3) is 0 Å². The summed E-state index contributed by atoms with van der Waals surface area (Å²) in [7, 11) is 0. The van der Waals surface area contributed by atoms with Gasteiger partial charge in [0.05, 0.1) is 5.70 Å². The fourth-order valence-corrected chi connectivity index (χ4v) is 0.821. The zero-order valence-corrected chi connectivity index (χ0v) is 8.42. The van der Waals surface area contributed by atoms with Crippen molar-refractivity contribution < 1.29 is 0 Å². The molecule has 0 heterocycles. The van der Waals surface area contributed by atoms with Crippen molar-refractivity contribution in [1.29, 1.82) is 0 Å². The van der Waals surface area contributed by atoms with Crippen LogP contribution in [0.25, 0.3) is 0 Å². The highest BCUT2D eigenvalue weighted by molar-refractivity contribution is 5.38. The molecule has 13 heavy (non-hydrogen) atoms. The van der Waals surface area contributed by atoms with Gasteiger partial charge in [-0.25, -0.2) is 0 Å². The summed E-state index contributed by atoms with van der Waals surface area (Å²) in [5.41, 5.74) is 8.16. The van der Waals surface area contributed by atoms with E-state index < -0.39 is 0 Å². The monoisotopic (exact) mass is 180 g/mol. The molecule has 0 aliphatic carbocycles. The van der Waals surface area contributed by atoms with E-state index in [-0.39, 0.29) is 0 Å². The highest BCUT2D eigenvalue weighted by Crippen LogP contribution is 2.17. The molecule has 0 aromatic rings. The van der Waals surface area contributed by atoms with Crippen LogP contribution in [0, 0.1) is 4.91 Å². The lowest BCUT2D eigenvalue weighted by atomic mass is 10.1. The molecule has 0 bridgehead atoms. The van der Waals surface area contributed by atoms with E-state index in [2.05, 4.69) is 11.8 Å². The van der Waals surface area contributed by atoms with Gasteiger partial charge in [-0.15, -0.1) is 4.91 Å². The van der Waals surface area contributed by atoms with Gasteiger partial charge in [0.2, 0.25) is 0 Å². The van der Waals surface area contributed by atoms with Crippen LogP contribution in [-0.2, 0) is 0 Å². The van der Waals surface area contributed by atoms with Crippen molar-refractivity contribution in [3.05, 3.63) is 40.1 Å². The third-order valence-corrected chi connectivity index (χ3v) is 2.01. The number of hydrogen-bond acceptors (Lipinski definition) is 3. The van der Waals surface area contributed by atoms with E-state index in [9.17, 15) is 4.91 Å². The lowest BCUT2D eigenvalue weighted by Crippen LogP contribution is -2.03. The fourth-order valence-electron chi connectivity index (χ4n) is 0.821. The molecular weight excluding hydrogens is 164 g/mol. The van der Waals surface area contributed by atoms with Crippen LogP contribution in [0.5, 0.6) is 0 Å². The van der Waals surface area contributed by atoms with Crippen molar-refractivity contribution >= 4 is 0 Å². The minimum Gasteiger partial charge on any atom is -0.397 e. The van der Waals surface area contributed by atoms with Gasteiger partial charge < -0.3 is 5.73 Å². The molecule has 3 heteroatoms. The van der Waals surface area contributed by atoms with E-state index in [0.29, 0.717) is 11.4 Å². The number of rotatable bonds is 4. The van der Waals surface area contributed by atoms with Gasteiger partial charge in [0.1, 0.15) is 5.70 Å². The molecule has 0 spiro atoms. The Morgan fingerprint density at radius 2 is 2.08 bits per heavy atom. The summed E-state index contributed by atoms with van der Waals surface area (Å²) in [4.78, 5) is 10.5. The molecule has 0 unspecified atom stereocenters. The second kappa shape index (κ2) is 5.30. The molecule has 0 rings (SSSR count). The molecule has 0 aromatic carbocycles. The van der Waals surface area contributed by atoms with E-state index in [1.54, 1.807) is 13.0 Å². The smallest absolute Gasteiger partial charge is 0.130 e. The summed E-state index contributed by atoms with van der Waals surface area (Å²) < 4.78 is 0. The van der Waals surface area contributed by atoms with Crippen molar-refractivity contribution in [3.63, 3.8) is 0 Å². The molecular formula is C10H16N2O. The zero-order chi connectivity index (χ0) is 10.4. The van der Waals surface area contributed by atoms with Crippen LogP contribution in [-0.4, -0.2) is 0 Å². The Hall–Kier alpha value is -1.38. The first-order chi connectivity index (χ1) is 6.08. The number of nitroso groups, excluding NO2 is 1. The number of nitrogens with two attached hydrogens (primary N) is 1. The zero-order valence-electron chi connectivity index (χ0n) is 8.42. The molecule has 0 saturated heterocycles. The van der Waals surface area contributed by atoms with Crippen LogP contribution in [0.1, 0.15) is 27.2 Å². The van der Waals surface area contributed by atoms with Gasteiger partial charge in [-0.05, 0) is 36.6 Å². The van der Waals surface area contributed by atoms with Crippen molar-refractivity contribution in [2.75, 3.05) is 0 Å². The Kier molecular flexibility index (Phi) is 4.74. The summed E-state index contributed by atoms with van der Waals surface area (Å²) in [6, 6.07) is 0. The fraction of sp³-hybridized carbons (Fsp3) is 0.400. The maximum absolute atomic E-state index is 10.5. The lowest BCUT2D eigenvalue weighted by Gasteiger charge is -2.05. The average Bonchev–Trinajstić information content (AvgIpc) is 2.17. The summed E-state index contributed by atoms with van der Waals surface area (Å²) in [6.07, 6.45) is 2.38. The van der Waals surface area contributed by atoms with E-state index in [4.69, 9.17) is 5.73 Å². The van der Waals surface area contributed by atoms with Gasteiger partial charge in [-0.3, -0.25) is 0 Å². The van der Waals surface area contributed by atoms with E-state index in [0.717, 1.165) is 17.6 Å². The average molecular weight is 180 g/mol. The maximum atomic E-state index is 10.5. The third-order valence-electron chi connectivity index (χ3n) is 2.01. The molecule has 0 aromatic heterocycles. The van der Waals surface area contributed by atoms with Gasteiger partial charge in [0, 0.05) is 0 Å². The standard InChI is InChI=1S/C10H16N2O/c1-5-7(3)9(11)10(12-13)8(4)6-2/h5H,1,6,11H2,2-4H3/b9-7-,10-8-. The van der Waals surface area contributed by atoms with Crippen molar-refractivity contribution in [2.24, 2.45) is 10.9 Å². The van der Waals surface area contributed by atoms with E-state index in [1.807, 2.05) is 13.8 Å². The molecule has 0 radical (unpaired) electrons. The molecule has 0 fully saturated rings. The Morgan fingerprint density at radius 3 is 2.38 bits per heavy atom. The Bertz CT molecular complexity index is 275. The molecule has 3 nitrogen and oxygen atoms in total.